The van der Waals surface area contributed by atoms with E-state index >= 15 is 0 Å². The van der Waals surface area contributed by atoms with E-state index in [0.29, 0.717) is 12.0 Å². The number of aliphatic hydroxyl groups excluding tert-OH is 2. The first kappa shape index (κ1) is 90.2. The molecule has 497 valence electrons. The first-order valence-corrected chi connectivity index (χ1v) is 57.8. The van der Waals surface area contributed by atoms with Crippen LogP contribution in [-0.2, 0) is 66.8 Å². The molecule has 7 fully saturated rings. The summed E-state index contributed by atoms with van der Waals surface area (Å²) in [5.41, 5.74) is -10.3. The summed E-state index contributed by atoms with van der Waals surface area (Å²) in [6.07, 6.45) is -0.229. The van der Waals surface area contributed by atoms with Crippen LogP contribution in [-0.4, -0.2) is 216 Å². The van der Waals surface area contributed by atoms with Gasteiger partial charge in [-0.2, -0.15) is 0 Å². The Morgan fingerprint density at radius 1 is 0.682 bits per heavy atom. The van der Waals surface area contributed by atoms with E-state index in [1.54, 1.807) is 38.1 Å². The average Bonchev–Trinajstić information content (AvgIpc) is 1.46. The number of halogens is 7. The van der Waals surface area contributed by atoms with Gasteiger partial charge in [0, 0.05) is 49.9 Å². The van der Waals surface area contributed by atoms with Gasteiger partial charge in [-0.3, -0.25) is 33.9 Å². The van der Waals surface area contributed by atoms with E-state index in [2.05, 4.69) is 119 Å². The van der Waals surface area contributed by atoms with E-state index in [9.17, 15) is 54.0 Å². The van der Waals surface area contributed by atoms with Crippen molar-refractivity contribution in [1.82, 2.24) is 14.7 Å². The molecule has 0 aliphatic carbocycles. The fraction of sp³-hybridized carbons (Fsp3) is 0.764. The topological polar surface area (TPSA) is 278 Å². The molecule has 7 saturated heterocycles. The number of methoxy groups -OCH3 is 3. The Morgan fingerprint density at radius 2 is 1.00 bits per heavy atom. The number of fused-ring (bicyclic) bond motifs is 5. The standard InChI is InChI=1S/C16H27NO5.C15H23NO6.C15H25NO6.C7H5ClO.CH2BI.CH3B.B.5HI.Sm.V/c1-7-8-10-11(18)17-12(14(2,3)4)22-9-16(17,13(19)21-6)15(10,5)20;1-12(2,3)10-16-9(18)15(6-7-17)13(4,22-15)14(16,8-21-10)11(19)20-5;1-13(2,3)11-16-10(18)9(6-7-17)14(4,20)15(16,8-22-11)12(19)21-5;8-7(9)6-4-2-1-3-5-6;2-1-3;1-2;;;;;;;;/h10,12,20H,7-9H2,1-6H3;10,17H,6-8H2,1-5H3;9,11,17,20H,6-8H2,1-5H3;1-5H;1H2;1H3;;5*1H;;/q;;;;;;;;;;;;+2;+3/p-5/t10-,12+,15-,16-;10-,13-,14+,15+;9-,11+,14-,15-;;;;;;;;;;;/m101.........../s1. The number of rotatable bonds is 10. The van der Waals surface area contributed by atoms with Gasteiger partial charge < -0.3 is 53.6 Å². The molecule has 88 heavy (non-hydrogen) atoms. The predicted molar refractivity (Wildman–Crippen MR) is 380 cm³/mol. The Kier molecular flexibility index (Phi) is 38.3. The van der Waals surface area contributed by atoms with Crippen molar-refractivity contribution < 1.29 is 118 Å². The van der Waals surface area contributed by atoms with Gasteiger partial charge in [-0.1, -0.05) is 135 Å². The Morgan fingerprint density at radius 3 is 1.28 bits per heavy atom. The number of aliphatic hydroxyl groups is 4. The van der Waals surface area contributed by atoms with Crippen LogP contribution in [0.5, 0.6) is 0 Å². The van der Waals surface area contributed by atoms with Gasteiger partial charge in [-0.25, -0.2) is 14.4 Å². The van der Waals surface area contributed by atoms with Crippen molar-refractivity contribution in [3.8, 4) is 0 Å². The molecule has 0 unspecified atom stereocenters. The average molecular weight is 2110 g/mol. The van der Waals surface area contributed by atoms with Crippen molar-refractivity contribution in [1.29, 1.82) is 0 Å². The van der Waals surface area contributed by atoms with Crippen LogP contribution in [0.1, 0.15) is 126 Å². The maximum absolute atomic E-state index is 13.0. The Balaban J connectivity index is 0.00000110. The maximum atomic E-state index is 13.0. The van der Waals surface area contributed by atoms with Gasteiger partial charge in [-0.05, 0) is 49.5 Å². The number of nitrogens with zero attached hydrogens (tertiary/aromatic N) is 3. The third-order valence-electron chi connectivity index (χ3n) is 16.1. The number of amides is 3. The quantitative estimate of drug-likeness (QED) is 0.0327. The van der Waals surface area contributed by atoms with Crippen molar-refractivity contribution >= 4 is 188 Å². The summed E-state index contributed by atoms with van der Waals surface area (Å²) in [5, 5.41) is 40.3. The van der Waals surface area contributed by atoms with Crippen LogP contribution in [0.25, 0.3) is 0 Å². The Bertz CT molecular complexity index is 2330. The monoisotopic (exact) mass is 2110 g/mol. The first-order chi connectivity index (χ1) is 40.1. The molecule has 0 aromatic heterocycles. The number of ether oxygens (including phenoxy) is 7. The normalized spacial score (nSPS) is 31.7. The second kappa shape index (κ2) is 37.4. The molecule has 3 amide bonds. The van der Waals surface area contributed by atoms with Gasteiger partial charge >= 0.3 is 137 Å². The number of carbonyl (C=O) groups excluding carboxylic acids is 7. The van der Waals surface area contributed by atoms with E-state index in [-0.39, 0.29) is 113 Å². The number of morpholine rings is 1. The van der Waals surface area contributed by atoms with Crippen LogP contribution in [0, 0.1) is 53.5 Å². The fourth-order valence-corrected chi connectivity index (χ4v) is 12.2. The Labute approximate surface area is 613 Å². The van der Waals surface area contributed by atoms with Crippen molar-refractivity contribution in [2.24, 2.45) is 28.1 Å². The number of epoxide rings is 1. The summed E-state index contributed by atoms with van der Waals surface area (Å²) in [5.74, 6) is -4.25. The molecule has 1 aromatic rings. The molecule has 0 saturated carbocycles. The van der Waals surface area contributed by atoms with Crippen LogP contribution < -0.4 is 0 Å². The molecule has 0 bridgehead atoms. The summed E-state index contributed by atoms with van der Waals surface area (Å²) in [7, 11) is 13.1. The third-order valence-corrected chi connectivity index (χ3v) is 16.3. The minimum atomic E-state index is -1.68. The van der Waals surface area contributed by atoms with E-state index in [0.717, 1.165) is 10.7 Å². The third kappa shape index (κ3) is 18.1. The predicted octanol–water partition coefficient (Wildman–Crippen LogP) is 8.12. The Hall–Kier alpha value is 2.18. The van der Waals surface area contributed by atoms with Crippen molar-refractivity contribution in [3.05, 3.63) is 35.9 Å². The molecule has 33 heteroatoms. The van der Waals surface area contributed by atoms with Crippen LogP contribution >= 0.6 is 123 Å². The zero-order valence-electron chi connectivity index (χ0n) is 52.9. The number of alkyl halides is 1. The molecule has 0 spiro atoms. The van der Waals surface area contributed by atoms with Crippen LogP contribution in [0.4, 0.5) is 0 Å². The first-order valence-electron chi connectivity index (χ1n) is 27.3. The fourth-order valence-electron chi connectivity index (χ4n) is 12.1. The minimum absolute atomic E-state index is 0. The van der Waals surface area contributed by atoms with E-state index in [1.165, 1.54) is 49.8 Å². The molecule has 8 rings (SSSR count). The van der Waals surface area contributed by atoms with Crippen molar-refractivity contribution in [2.75, 3.05) is 58.7 Å². The number of esters is 3. The van der Waals surface area contributed by atoms with Gasteiger partial charge in [0.25, 0.3) is 11.1 Å². The van der Waals surface area contributed by atoms with Crippen LogP contribution in [0.2, 0.25) is 6.82 Å². The van der Waals surface area contributed by atoms with Gasteiger partial charge in [0.15, 0.2) is 22.2 Å². The summed E-state index contributed by atoms with van der Waals surface area (Å²) >= 11 is 19.7. The molecule has 7 aliphatic heterocycles. The molecular weight excluding hydrogens is 2020 g/mol. The molecule has 7 radical (unpaired) electrons. The summed E-state index contributed by atoms with van der Waals surface area (Å²) in [6.45, 7) is 25.0. The van der Waals surface area contributed by atoms with Crippen molar-refractivity contribution in [2.45, 2.75) is 180 Å². The van der Waals surface area contributed by atoms with E-state index in [4.69, 9.17) is 52.6 Å². The summed E-state index contributed by atoms with van der Waals surface area (Å²) in [4.78, 5) is 90.8. The molecule has 12 atom stereocenters. The molecular formula is C55H85B3ClI6N3O18SmV. The zero-order chi connectivity index (χ0) is 68.1. The van der Waals surface area contributed by atoms with Gasteiger partial charge in [0.1, 0.15) is 35.5 Å². The van der Waals surface area contributed by atoms with Gasteiger partial charge in [0.2, 0.25) is 11.8 Å². The second-order valence-corrected chi connectivity index (χ2v) is 80.4. The second-order valence-electron chi connectivity index (χ2n) is 24.4. The van der Waals surface area contributed by atoms with Crippen LogP contribution in [0.15, 0.2) is 30.3 Å². The molecule has 7 aliphatic rings. The number of hydrogen-bond acceptors (Lipinski definition) is 18. The van der Waals surface area contributed by atoms with Gasteiger partial charge in [-0.15, -0.1) is 0 Å². The SMILES string of the molecule is CCC[C@@H]1C(=O)N2[C@H](C(C)(C)C)OC[C@@]2(C(=O)OC)[C@]1(C)O.COC(=O)[C@@]12CO[C@@H](C(C)(C)C)N1C(=O)[C@@H](CCO)[C@@]2(C)O.COC(=O)[C@@]12CO[C@@H](C(C)(C)C)N1C(=O)[C@@]1(CCO)O[C@@]21C.O=C(Cl)c1ccccc1.[B].[B]C.[B]CI.[I][Sm][I].[I][V]([I])[I]. The van der Waals surface area contributed by atoms with Crippen molar-refractivity contribution in [3.63, 3.8) is 0 Å². The summed E-state index contributed by atoms with van der Waals surface area (Å²) < 4.78 is 38.6. The molecule has 7 heterocycles. The molecule has 21 nitrogen and oxygen atoms in total. The number of carbonyl (C=O) groups is 7. The number of hydrogen-bond donors (Lipinski definition) is 4. The van der Waals surface area contributed by atoms with Gasteiger partial charge in [0.05, 0.1) is 68.7 Å². The number of benzene rings is 1. The zero-order valence-corrected chi connectivity index (χ0v) is 70.6. The van der Waals surface area contributed by atoms with E-state index in [1.807, 2.05) is 75.3 Å². The van der Waals surface area contributed by atoms with E-state index < -0.39 is 98.1 Å². The summed E-state index contributed by atoms with van der Waals surface area (Å²) in [6, 6.07) is 8.74. The molecule has 1 aromatic carbocycles. The van der Waals surface area contributed by atoms with Crippen LogP contribution in [0.3, 0.4) is 0 Å². The molecule has 4 N–H and O–H groups in total.